The molecule has 13 heteroatoms. The second-order valence-electron chi connectivity index (χ2n) is 2.81. The van der Waals surface area contributed by atoms with E-state index < -0.39 is 31.0 Å². The van der Waals surface area contributed by atoms with Gasteiger partial charge in [0.2, 0.25) is 0 Å². The Morgan fingerprint density at radius 2 is 0.944 bits per heavy atom. The summed E-state index contributed by atoms with van der Waals surface area (Å²) >= 11 is 0. The summed E-state index contributed by atoms with van der Waals surface area (Å²) in [4.78, 5) is 0. The maximum Gasteiger partial charge on any atom is 0.463 e. The van der Waals surface area contributed by atoms with E-state index in [-0.39, 0.29) is 7.11 Å². The molecule has 0 N–H and O–H groups in total. The quantitative estimate of drug-likeness (QED) is 0.575. The number of hydrogen-bond acceptors (Lipinski definition) is 2. The fraction of sp³-hybridized carbons (Fsp3) is 1.00. The Balaban J connectivity index is 6.06. The molecule has 0 aliphatic rings. The van der Waals surface area contributed by atoms with E-state index in [0.717, 1.165) is 0 Å². The molecule has 0 fully saturated rings. The average molecular weight is 316 g/mol. The Morgan fingerprint density at radius 1 is 0.722 bits per heavy atom. The van der Waals surface area contributed by atoms with E-state index in [1.54, 1.807) is 0 Å². The summed E-state index contributed by atoms with van der Waals surface area (Å²) in [7, 11) is -8.13. The van der Waals surface area contributed by atoms with Gasteiger partial charge in [0.1, 0.15) is 0 Å². The van der Waals surface area contributed by atoms with Gasteiger partial charge in [-0.05, 0) is 0 Å². The van der Waals surface area contributed by atoms with Crippen molar-refractivity contribution < 1.29 is 53.0 Å². The first-order valence-corrected chi connectivity index (χ1v) is 5.24. The van der Waals surface area contributed by atoms with Gasteiger partial charge < -0.3 is 4.52 Å². The standard InChI is InChI=1S/C5H3F10O2P/c1-17-18(16,4(12,13)2(6,7)8)5(14,15)3(9,10)11/h1H3. The van der Waals surface area contributed by atoms with E-state index in [0.29, 0.717) is 0 Å². The molecule has 0 aliphatic carbocycles. The Morgan fingerprint density at radius 3 is 1.06 bits per heavy atom. The van der Waals surface area contributed by atoms with Gasteiger partial charge in [0.05, 0.1) is 0 Å². The third kappa shape index (κ3) is 2.20. The van der Waals surface area contributed by atoms with Crippen molar-refractivity contribution in [1.29, 1.82) is 0 Å². The van der Waals surface area contributed by atoms with Crippen molar-refractivity contribution >= 4 is 7.37 Å². The Bertz CT molecular complexity index is 324. The van der Waals surface area contributed by atoms with E-state index >= 15 is 0 Å². The summed E-state index contributed by atoms with van der Waals surface area (Å²) in [6.07, 6.45) is -13.8. The van der Waals surface area contributed by atoms with Crippen LogP contribution in [0.5, 0.6) is 0 Å². The van der Waals surface area contributed by atoms with E-state index in [4.69, 9.17) is 0 Å². The molecule has 0 rings (SSSR count). The zero-order valence-corrected chi connectivity index (χ0v) is 8.94. The van der Waals surface area contributed by atoms with E-state index in [2.05, 4.69) is 4.52 Å². The van der Waals surface area contributed by atoms with E-state index in [1.807, 2.05) is 0 Å². The van der Waals surface area contributed by atoms with Crippen LogP contribution in [0.2, 0.25) is 0 Å². The van der Waals surface area contributed by atoms with Crippen molar-refractivity contribution in [2.75, 3.05) is 7.11 Å². The van der Waals surface area contributed by atoms with Crippen LogP contribution in [0.3, 0.4) is 0 Å². The zero-order chi connectivity index (χ0) is 15.2. The van der Waals surface area contributed by atoms with Crippen molar-refractivity contribution in [3.63, 3.8) is 0 Å². The molecule has 0 radical (unpaired) electrons. The van der Waals surface area contributed by atoms with Gasteiger partial charge in [-0.15, -0.1) is 0 Å². The first-order chi connectivity index (χ1) is 7.56. The van der Waals surface area contributed by atoms with Crippen LogP contribution in [-0.2, 0) is 9.09 Å². The number of alkyl halides is 10. The van der Waals surface area contributed by atoms with Crippen LogP contribution in [0.4, 0.5) is 43.9 Å². The number of rotatable bonds is 3. The molecule has 18 heavy (non-hydrogen) atoms. The van der Waals surface area contributed by atoms with Crippen molar-refractivity contribution in [2.24, 2.45) is 0 Å². The van der Waals surface area contributed by atoms with Crippen LogP contribution < -0.4 is 0 Å². The van der Waals surface area contributed by atoms with E-state index in [9.17, 15) is 48.5 Å². The van der Waals surface area contributed by atoms with Gasteiger partial charge in [-0.1, -0.05) is 0 Å². The molecule has 0 bridgehead atoms. The summed E-state index contributed by atoms with van der Waals surface area (Å²) in [5, 5.41) is 0. The van der Waals surface area contributed by atoms with Gasteiger partial charge in [0.15, 0.2) is 0 Å². The molecule has 0 aromatic carbocycles. The summed E-state index contributed by atoms with van der Waals surface area (Å²) < 4.78 is 134. The molecule has 2 nitrogen and oxygen atoms in total. The maximum atomic E-state index is 12.5. The molecule has 0 spiro atoms. The van der Waals surface area contributed by atoms with Crippen LogP contribution in [-0.4, -0.2) is 30.8 Å². The summed E-state index contributed by atoms with van der Waals surface area (Å²) in [6, 6.07) is 0. The molecule has 0 heterocycles. The second-order valence-corrected chi connectivity index (χ2v) is 5.40. The minimum absolute atomic E-state index is 0.361. The van der Waals surface area contributed by atoms with Crippen LogP contribution >= 0.6 is 7.37 Å². The lowest BCUT2D eigenvalue weighted by Crippen LogP contribution is -2.47. The van der Waals surface area contributed by atoms with E-state index in [1.165, 1.54) is 0 Å². The highest BCUT2D eigenvalue weighted by Crippen LogP contribution is 2.77. The van der Waals surface area contributed by atoms with Gasteiger partial charge in [-0.25, -0.2) is 0 Å². The van der Waals surface area contributed by atoms with Gasteiger partial charge in [-0.3, -0.25) is 4.57 Å². The second kappa shape index (κ2) is 4.26. The first kappa shape index (κ1) is 17.5. The lowest BCUT2D eigenvalue weighted by Gasteiger charge is -2.33. The topological polar surface area (TPSA) is 26.3 Å². The molecule has 0 unspecified atom stereocenters. The first-order valence-electron chi connectivity index (χ1n) is 3.61. The fourth-order valence-electron chi connectivity index (χ4n) is 0.739. The maximum absolute atomic E-state index is 12.5. The lowest BCUT2D eigenvalue weighted by atomic mass is 10.7. The summed E-state index contributed by atoms with van der Waals surface area (Å²) in [6.45, 7) is 0. The largest absolute Gasteiger partial charge is 0.463 e. The van der Waals surface area contributed by atoms with Crippen molar-refractivity contribution in [1.82, 2.24) is 0 Å². The summed E-state index contributed by atoms with van der Waals surface area (Å²) in [5.41, 5.74) is -13.7. The number of hydrogen-bond donors (Lipinski definition) is 0. The molecule has 0 amide bonds. The smallest absolute Gasteiger partial charge is 0.323 e. The van der Waals surface area contributed by atoms with Crippen molar-refractivity contribution in [3.8, 4) is 0 Å². The third-order valence-corrected chi connectivity index (χ3v) is 4.18. The average Bonchev–Trinajstić information content (AvgIpc) is 2.12. The third-order valence-electron chi connectivity index (χ3n) is 1.68. The molecule has 0 atom stereocenters. The summed E-state index contributed by atoms with van der Waals surface area (Å²) in [5.74, 6) is 0. The highest BCUT2D eigenvalue weighted by atomic mass is 31.2. The minimum Gasteiger partial charge on any atom is -0.323 e. The number of halogens is 10. The minimum atomic E-state index is -7.77. The normalized spacial score (nSPS) is 15.9. The Kier molecular flexibility index (Phi) is 4.14. The van der Waals surface area contributed by atoms with Crippen LogP contribution in [0, 0.1) is 0 Å². The Labute approximate surface area is 92.3 Å². The Hall–Kier alpha value is -0.510. The van der Waals surface area contributed by atoms with Crippen LogP contribution in [0.1, 0.15) is 0 Å². The highest BCUT2D eigenvalue weighted by molar-refractivity contribution is 7.61. The molecule has 0 aromatic heterocycles. The molecular weight excluding hydrogens is 313 g/mol. The monoisotopic (exact) mass is 316 g/mol. The van der Waals surface area contributed by atoms with Gasteiger partial charge in [-0.2, -0.15) is 43.9 Å². The van der Waals surface area contributed by atoms with Crippen molar-refractivity contribution in [3.05, 3.63) is 0 Å². The highest BCUT2D eigenvalue weighted by Gasteiger charge is 2.84. The lowest BCUT2D eigenvalue weighted by molar-refractivity contribution is -0.271. The molecule has 0 saturated heterocycles. The van der Waals surface area contributed by atoms with Crippen LogP contribution in [0.25, 0.3) is 0 Å². The fourth-order valence-corrected chi connectivity index (χ4v) is 2.22. The van der Waals surface area contributed by atoms with Gasteiger partial charge >= 0.3 is 31.0 Å². The molecule has 0 saturated carbocycles. The predicted molar refractivity (Wildman–Crippen MR) is 36.6 cm³/mol. The predicted octanol–water partition coefficient (Wildman–Crippen LogP) is 4.22. The van der Waals surface area contributed by atoms with Crippen LogP contribution in [0.15, 0.2) is 0 Å². The van der Waals surface area contributed by atoms with Gasteiger partial charge in [0.25, 0.3) is 0 Å². The SMILES string of the molecule is COP(=O)(C(F)(F)C(F)(F)F)C(F)(F)C(F)(F)F. The molecule has 0 aromatic rings. The molecule has 0 aliphatic heterocycles. The van der Waals surface area contributed by atoms with Gasteiger partial charge in [0, 0.05) is 7.11 Å². The zero-order valence-electron chi connectivity index (χ0n) is 8.04. The molecule has 110 valence electrons. The molecular formula is C5H3F10O2P. The van der Waals surface area contributed by atoms with Crippen molar-refractivity contribution in [2.45, 2.75) is 23.7 Å².